The van der Waals surface area contributed by atoms with E-state index in [0.29, 0.717) is 32.0 Å². The van der Waals surface area contributed by atoms with Crippen molar-refractivity contribution in [2.45, 2.75) is 9.79 Å². The number of sulfonamides is 2. The van der Waals surface area contributed by atoms with Gasteiger partial charge in [-0.25, -0.2) is 25.9 Å². The molecule has 0 aromatic heterocycles. The van der Waals surface area contributed by atoms with Gasteiger partial charge in [0.15, 0.2) is 0 Å². The molecule has 3 rings (SSSR count). The van der Waals surface area contributed by atoms with Crippen LogP contribution in [0.4, 0.5) is 11.4 Å². The van der Waals surface area contributed by atoms with E-state index in [1.807, 2.05) is 4.90 Å². The molecule has 0 unspecified atom stereocenters. The Hall–Kier alpha value is -2.67. The van der Waals surface area contributed by atoms with E-state index in [-0.39, 0.29) is 21.0 Å². The number of carboxylic acid groups (broad SMARTS) is 1. The molecule has 1 saturated heterocycles. The summed E-state index contributed by atoms with van der Waals surface area (Å²) in [5.74, 6) is -1.17. The van der Waals surface area contributed by atoms with Crippen LogP contribution in [0, 0.1) is 0 Å². The summed E-state index contributed by atoms with van der Waals surface area (Å²) in [6.45, 7) is 1.95. The Kier molecular flexibility index (Phi) is 6.55. The SMILES string of the molecule is CN(C)S(=O)(=O)c1ccc(N2CCOCC2)c(NS(=O)(=O)c2ccc(C(=O)O)cc2)c1. The molecule has 0 amide bonds. The topological polar surface area (TPSA) is 133 Å². The van der Waals surface area contributed by atoms with Gasteiger partial charge in [0.05, 0.1) is 39.9 Å². The lowest BCUT2D eigenvalue weighted by Gasteiger charge is -2.31. The standard InChI is InChI=1S/C19H23N3O7S2/c1-21(2)31(27,28)16-7-8-18(22-9-11-29-12-10-22)17(13-16)20-30(25,26)15-5-3-14(4-6-15)19(23)24/h3-8,13,20H,9-12H2,1-2H3,(H,23,24). The molecular weight excluding hydrogens is 446 g/mol. The summed E-state index contributed by atoms with van der Waals surface area (Å²) < 4.78 is 59.9. The lowest BCUT2D eigenvalue weighted by Crippen LogP contribution is -2.37. The average molecular weight is 470 g/mol. The molecular formula is C19H23N3O7S2. The highest BCUT2D eigenvalue weighted by atomic mass is 32.2. The summed E-state index contributed by atoms with van der Waals surface area (Å²) >= 11 is 0. The van der Waals surface area contributed by atoms with E-state index < -0.39 is 26.0 Å². The zero-order valence-electron chi connectivity index (χ0n) is 17.0. The molecule has 0 atom stereocenters. The molecule has 1 aliphatic rings. The normalized spacial score (nSPS) is 15.1. The van der Waals surface area contributed by atoms with Crippen LogP contribution in [-0.2, 0) is 24.8 Å². The van der Waals surface area contributed by atoms with Crippen LogP contribution in [0.2, 0.25) is 0 Å². The number of carbonyl (C=O) groups is 1. The minimum absolute atomic E-state index is 0.0490. The third-order valence-corrected chi connectivity index (χ3v) is 7.95. The fourth-order valence-electron chi connectivity index (χ4n) is 3.03. The molecule has 2 aromatic rings. The van der Waals surface area contributed by atoms with Gasteiger partial charge in [-0.3, -0.25) is 4.72 Å². The van der Waals surface area contributed by atoms with Gasteiger partial charge in [0.25, 0.3) is 10.0 Å². The Morgan fingerprint density at radius 2 is 1.58 bits per heavy atom. The molecule has 0 radical (unpaired) electrons. The number of benzene rings is 2. The number of ether oxygens (including phenoxy) is 1. The van der Waals surface area contributed by atoms with E-state index in [4.69, 9.17) is 9.84 Å². The van der Waals surface area contributed by atoms with Gasteiger partial charge in [-0.15, -0.1) is 0 Å². The molecule has 31 heavy (non-hydrogen) atoms. The summed E-state index contributed by atoms with van der Waals surface area (Å²) in [7, 11) is -5.13. The first-order valence-corrected chi connectivity index (χ1v) is 12.2. The van der Waals surface area contributed by atoms with Gasteiger partial charge in [-0.1, -0.05) is 0 Å². The van der Waals surface area contributed by atoms with Crippen LogP contribution in [0.5, 0.6) is 0 Å². The highest BCUT2D eigenvalue weighted by molar-refractivity contribution is 7.92. The molecule has 0 aliphatic carbocycles. The minimum atomic E-state index is -4.11. The van der Waals surface area contributed by atoms with Crippen molar-refractivity contribution in [2.75, 3.05) is 50.0 Å². The molecule has 10 nitrogen and oxygen atoms in total. The predicted octanol–water partition coefficient (Wildman–Crippen LogP) is 1.27. The van der Waals surface area contributed by atoms with Crippen LogP contribution in [0.15, 0.2) is 52.3 Å². The van der Waals surface area contributed by atoms with Gasteiger partial charge in [-0.2, -0.15) is 0 Å². The van der Waals surface area contributed by atoms with Gasteiger partial charge >= 0.3 is 5.97 Å². The number of carboxylic acids is 1. The molecule has 0 saturated carbocycles. The second kappa shape index (κ2) is 8.83. The van der Waals surface area contributed by atoms with Gasteiger partial charge < -0.3 is 14.7 Å². The van der Waals surface area contributed by atoms with Gasteiger partial charge in [-0.05, 0) is 42.5 Å². The van der Waals surface area contributed by atoms with Crippen molar-refractivity contribution in [3.63, 3.8) is 0 Å². The molecule has 2 N–H and O–H groups in total. The van der Waals surface area contributed by atoms with E-state index in [1.54, 1.807) is 6.07 Å². The third-order valence-electron chi connectivity index (χ3n) is 4.75. The quantitative estimate of drug-likeness (QED) is 0.619. The molecule has 168 valence electrons. The van der Waals surface area contributed by atoms with E-state index in [2.05, 4.69) is 4.72 Å². The van der Waals surface area contributed by atoms with Crippen LogP contribution in [0.25, 0.3) is 0 Å². The molecule has 1 heterocycles. The first kappa shape index (κ1) is 23.0. The monoisotopic (exact) mass is 469 g/mol. The Bertz CT molecular complexity index is 1170. The summed E-state index contributed by atoms with van der Waals surface area (Å²) in [5, 5.41) is 9.00. The fraction of sp³-hybridized carbons (Fsp3) is 0.316. The first-order chi connectivity index (χ1) is 14.5. The van der Waals surface area contributed by atoms with Gasteiger partial charge in [0.1, 0.15) is 0 Å². The summed E-state index contributed by atoms with van der Waals surface area (Å²) in [6.07, 6.45) is 0. The van der Waals surface area contributed by atoms with Gasteiger partial charge in [0.2, 0.25) is 10.0 Å². The average Bonchev–Trinajstić information content (AvgIpc) is 2.74. The Morgan fingerprint density at radius 1 is 1.00 bits per heavy atom. The van der Waals surface area contributed by atoms with E-state index in [1.165, 1.54) is 50.5 Å². The predicted molar refractivity (Wildman–Crippen MR) is 115 cm³/mol. The number of hydrogen-bond donors (Lipinski definition) is 2. The van der Waals surface area contributed by atoms with Gasteiger partial charge in [0, 0.05) is 27.2 Å². The number of nitrogens with one attached hydrogen (secondary N) is 1. The number of nitrogens with zero attached hydrogens (tertiary/aromatic N) is 2. The summed E-state index contributed by atoms with van der Waals surface area (Å²) in [6, 6.07) is 9.01. The number of anilines is 2. The molecule has 1 aliphatic heterocycles. The number of hydrogen-bond acceptors (Lipinski definition) is 7. The van der Waals surface area contributed by atoms with Crippen molar-refractivity contribution in [3.05, 3.63) is 48.0 Å². The van der Waals surface area contributed by atoms with E-state index in [9.17, 15) is 21.6 Å². The van der Waals surface area contributed by atoms with Crippen LogP contribution in [0.1, 0.15) is 10.4 Å². The van der Waals surface area contributed by atoms with Crippen molar-refractivity contribution < 1.29 is 31.5 Å². The van der Waals surface area contributed by atoms with Crippen molar-refractivity contribution in [1.29, 1.82) is 0 Å². The highest BCUT2D eigenvalue weighted by Crippen LogP contribution is 2.32. The number of aromatic carboxylic acids is 1. The van der Waals surface area contributed by atoms with Crippen molar-refractivity contribution in [2.24, 2.45) is 0 Å². The van der Waals surface area contributed by atoms with Crippen molar-refractivity contribution >= 4 is 37.4 Å². The zero-order chi connectivity index (χ0) is 22.8. The lowest BCUT2D eigenvalue weighted by atomic mass is 10.2. The third kappa shape index (κ3) is 4.98. The lowest BCUT2D eigenvalue weighted by molar-refractivity contribution is 0.0696. The molecule has 12 heteroatoms. The Balaban J connectivity index is 2.04. The van der Waals surface area contributed by atoms with Crippen molar-refractivity contribution in [3.8, 4) is 0 Å². The van der Waals surface area contributed by atoms with Crippen LogP contribution < -0.4 is 9.62 Å². The molecule has 0 spiro atoms. The fourth-order valence-corrected chi connectivity index (χ4v) is 5.02. The molecule has 2 aromatic carbocycles. The molecule has 0 bridgehead atoms. The second-order valence-electron chi connectivity index (χ2n) is 7.00. The smallest absolute Gasteiger partial charge is 0.335 e. The maximum Gasteiger partial charge on any atom is 0.335 e. The Labute approximate surface area is 181 Å². The minimum Gasteiger partial charge on any atom is -0.478 e. The zero-order valence-corrected chi connectivity index (χ0v) is 18.6. The Morgan fingerprint density at radius 3 is 2.13 bits per heavy atom. The van der Waals surface area contributed by atoms with Crippen LogP contribution in [0.3, 0.4) is 0 Å². The van der Waals surface area contributed by atoms with Crippen molar-refractivity contribution in [1.82, 2.24) is 4.31 Å². The van der Waals surface area contributed by atoms with Crippen LogP contribution in [-0.4, -0.2) is 72.6 Å². The maximum atomic E-state index is 13.0. The summed E-state index contributed by atoms with van der Waals surface area (Å²) in [4.78, 5) is 12.7. The number of morpholine rings is 1. The van der Waals surface area contributed by atoms with E-state index in [0.717, 1.165) is 4.31 Å². The number of rotatable bonds is 7. The summed E-state index contributed by atoms with van der Waals surface area (Å²) in [5.41, 5.74) is 0.575. The van der Waals surface area contributed by atoms with Crippen LogP contribution >= 0.6 is 0 Å². The maximum absolute atomic E-state index is 13.0. The van der Waals surface area contributed by atoms with E-state index >= 15 is 0 Å². The largest absolute Gasteiger partial charge is 0.478 e. The molecule has 1 fully saturated rings. The first-order valence-electron chi connectivity index (χ1n) is 9.28. The highest BCUT2D eigenvalue weighted by Gasteiger charge is 2.24. The second-order valence-corrected chi connectivity index (χ2v) is 10.8.